The molecule has 1 amide bonds. The van der Waals surface area contributed by atoms with Crippen molar-refractivity contribution in [1.82, 2.24) is 0 Å². The Balaban J connectivity index is 3.07. The minimum Gasteiger partial charge on any atom is -0.468 e. The summed E-state index contributed by atoms with van der Waals surface area (Å²) in [4.78, 5) is 35.4. The lowest BCUT2D eigenvalue weighted by atomic mass is 10.1. The maximum atomic E-state index is 12.5. The Kier molecular flexibility index (Phi) is 6.81. The summed E-state index contributed by atoms with van der Waals surface area (Å²) >= 11 is 0. The normalized spacial score (nSPS) is 13.1. The Morgan fingerprint density at radius 1 is 0.926 bits per heavy atom. The first-order valence-electron chi connectivity index (χ1n) is 7.06. The fourth-order valence-corrected chi connectivity index (χ4v) is 1.78. The highest BCUT2D eigenvalue weighted by Gasteiger charge is 2.60. The summed E-state index contributed by atoms with van der Waals surface area (Å²) in [5.41, 5.74) is 0.811. The van der Waals surface area contributed by atoms with Crippen LogP contribution in [-0.4, -0.2) is 43.4 Å². The number of hydrogen-bond donors (Lipinski definition) is 1. The minimum absolute atomic E-state index is 0.0375. The Bertz CT molecular complexity index is 684. The van der Waals surface area contributed by atoms with E-state index in [0.717, 1.165) is 5.56 Å². The van der Waals surface area contributed by atoms with Crippen LogP contribution in [-0.2, 0) is 23.9 Å². The molecule has 0 aromatic heterocycles. The van der Waals surface area contributed by atoms with Gasteiger partial charge in [0.05, 0.1) is 7.11 Å². The van der Waals surface area contributed by atoms with Crippen LogP contribution in [0.1, 0.15) is 5.56 Å². The van der Waals surface area contributed by atoms with Crippen LogP contribution in [0.5, 0.6) is 0 Å². The van der Waals surface area contributed by atoms with Crippen LogP contribution in [0.2, 0.25) is 0 Å². The van der Waals surface area contributed by atoms with E-state index in [1.807, 2.05) is 5.32 Å². The Morgan fingerprint density at radius 2 is 1.41 bits per heavy atom. The van der Waals surface area contributed by atoms with E-state index >= 15 is 0 Å². The highest BCUT2D eigenvalue weighted by atomic mass is 19.4. The van der Waals surface area contributed by atoms with Crippen molar-refractivity contribution >= 4 is 23.5 Å². The summed E-state index contributed by atoms with van der Waals surface area (Å²) in [7, 11) is 0.687. The van der Waals surface area contributed by atoms with E-state index in [0.29, 0.717) is 7.11 Å². The van der Waals surface area contributed by atoms with Gasteiger partial charge < -0.3 is 14.8 Å². The van der Waals surface area contributed by atoms with Crippen molar-refractivity contribution in [2.24, 2.45) is 5.92 Å². The molecule has 1 aromatic rings. The van der Waals surface area contributed by atoms with Crippen molar-refractivity contribution in [3.8, 4) is 0 Å². The molecule has 0 heterocycles. The number of rotatable bonds is 5. The van der Waals surface area contributed by atoms with E-state index < -0.39 is 42.2 Å². The summed E-state index contributed by atoms with van der Waals surface area (Å²) in [6, 6.07) is 5.71. The van der Waals surface area contributed by atoms with Gasteiger partial charge in [0.2, 0.25) is 11.8 Å². The Labute approximate surface area is 148 Å². The molecule has 27 heavy (non-hydrogen) atoms. The quantitative estimate of drug-likeness (QED) is 0.466. The van der Waals surface area contributed by atoms with Crippen LogP contribution >= 0.6 is 0 Å². The number of carbonyl (C=O) groups excluding carboxylic acids is 3. The standard InChI is InChI=1S/C15H13F6NO5/c1-7-3-5-8(6-4-7)22-10(23)9(11(24)26-2)12(25)27-13(14(16,17)18)15(19,20)21/h3-6,9,13H,1-2H3,(H,22,23). The summed E-state index contributed by atoms with van der Waals surface area (Å²) in [6.45, 7) is 1.70. The van der Waals surface area contributed by atoms with Crippen molar-refractivity contribution in [1.29, 1.82) is 0 Å². The van der Waals surface area contributed by atoms with Crippen molar-refractivity contribution in [3.05, 3.63) is 29.8 Å². The highest BCUT2D eigenvalue weighted by molar-refractivity contribution is 6.18. The number of esters is 2. The van der Waals surface area contributed by atoms with Gasteiger partial charge in [0.25, 0.3) is 6.10 Å². The second kappa shape index (κ2) is 8.27. The molecule has 0 saturated heterocycles. The monoisotopic (exact) mass is 401 g/mol. The summed E-state index contributed by atoms with van der Waals surface area (Å²) < 4.78 is 82.5. The first-order chi connectivity index (χ1) is 12.3. The largest absolute Gasteiger partial charge is 0.468 e. The lowest BCUT2D eigenvalue weighted by molar-refractivity contribution is -0.314. The number of alkyl halides is 6. The van der Waals surface area contributed by atoms with Crippen molar-refractivity contribution in [2.45, 2.75) is 25.4 Å². The van der Waals surface area contributed by atoms with Gasteiger partial charge in [-0.25, -0.2) is 0 Å². The van der Waals surface area contributed by atoms with Gasteiger partial charge in [-0.15, -0.1) is 0 Å². The molecular formula is C15H13F6NO5. The lowest BCUT2D eigenvalue weighted by Crippen LogP contribution is -2.48. The van der Waals surface area contributed by atoms with Crippen molar-refractivity contribution in [3.63, 3.8) is 0 Å². The second-order valence-electron chi connectivity index (χ2n) is 5.21. The van der Waals surface area contributed by atoms with Gasteiger partial charge in [-0.1, -0.05) is 17.7 Å². The predicted molar refractivity (Wildman–Crippen MR) is 77.3 cm³/mol. The lowest BCUT2D eigenvalue weighted by Gasteiger charge is -2.24. The second-order valence-corrected chi connectivity index (χ2v) is 5.21. The number of anilines is 1. The molecule has 150 valence electrons. The molecular weight excluding hydrogens is 388 g/mol. The number of nitrogens with one attached hydrogen (secondary N) is 1. The average molecular weight is 401 g/mol. The van der Waals surface area contributed by atoms with Crippen molar-refractivity contribution < 1.29 is 50.2 Å². The zero-order valence-electron chi connectivity index (χ0n) is 13.8. The van der Waals surface area contributed by atoms with Crippen LogP contribution < -0.4 is 5.32 Å². The Hall–Kier alpha value is -2.79. The van der Waals surface area contributed by atoms with E-state index in [1.165, 1.54) is 24.3 Å². The van der Waals surface area contributed by atoms with Gasteiger partial charge >= 0.3 is 24.3 Å². The molecule has 0 aliphatic carbocycles. The third kappa shape index (κ3) is 6.15. The van der Waals surface area contributed by atoms with E-state index in [2.05, 4.69) is 9.47 Å². The molecule has 0 saturated carbocycles. The molecule has 0 bridgehead atoms. The summed E-state index contributed by atoms with van der Waals surface area (Å²) in [6.07, 6.45) is -16.5. The summed E-state index contributed by atoms with van der Waals surface area (Å²) in [5, 5.41) is 2.01. The number of benzene rings is 1. The average Bonchev–Trinajstić information content (AvgIpc) is 2.52. The predicted octanol–water partition coefficient (Wildman–Crippen LogP) is 2.76. The molecule has 1 aromatic carbocycles. The molecule has 0 spiro atoms. The van der Waals surface area contributed by atoms with Crippen LogP contribution in [0.15, 0.2) is 24.3 Å². The zero-order valence-corrected chi connectivity index (χ0v) is 13.8. The number of amides is 1. The minimum atomic E-state index is -6.00. The number of hydrogen-bond acceptors (Lipinski definition) is 5. The summed E-state index contributed by atoms with van der Waals surface area (Å²) in [5.74, 6) is -8.25. The molecule has 0 fully saturated rings. The van der Waals surface area contributed by atoms with E-state index in [1.54, 1.807) is 6.92 Å². The molecule has 6 nitrogen and oxygen atoms in total. The number of methoxy groups -OCH3 is 1. The van der Waals surface area contributed by atoms with E-state index in [9.17, 15) is 40.7 Å². The molecule has 0 radical (unpaired) electrons. The SMILES string of the molecule is COC(=O)C(C(=O)Nc1ccc(C)cc1)C(=O)OC(C(F)(F)F)C(F)(F)F. The first-order valence-corrected chi connectivity index (χ1v) is 7.06. The van der Waals surface area contributed by atoms with E-state index in [-0.39, 0.29) is 5.69 Å². The molecule has 1 atom stereocenters. The highest BCUT2D eigenvalue weighted by Crippen LogP contribution is 2.36. The van der Waals surface area contributed by atoms with Crippen LogP contribution in [0.25, 0.3) is 0 Å². The fraction of sp³-hybridized carbons (Fsp3) is 0.400. The number of aryl methyl sites for hydroxylation is 1. The smallest absolute Gasteiger partial charge is 0.434 e. The van der Waals surface area contributed by atoms with Gasteiger partial charge in [0.1, 0.15) is 0 Å². The molecule has 1 rings (SSSR count). The molecule has 1 unspecified atom stereocenters. The van der Waals surface area contributed by atoms with Crippen LogP contribution in [0.4, 0.5) is 32.0 Å². The number of carbonyl (C=O) groups is 3. The molecule has 0 aliphatic rings. The molecule has 12 heteroatoms. The molecule has 1 N–H and O–H groups in total. The van der Waals surface area contributed by atoms with Gasteiger partial charge in [-0.3, -0.25) is 14.4 Å². The third-order valence-corrected chi connectivity index (χ3v) is 3.08. The topological polar surface area (TPSA) is 81.7 Å². The number of halogens is 6. The Morgan fingerprint density at radius 3 is 1.81 bits per heavy atom. The maximum absolute atomic E-state index is 12.5. The third-order valence-electron chi connectivity index (χ3n) is 3.08. The van der Waals surface area contributed by atoms with Gasteiger partial charge in [-0.05, 0) is 19.1 Å². The van der Waals surface area contributed by atoms with Gasteiger partial charge in [0.15, 0.2) is 0 Å². The van der Waals surface area contributed by atoms with Crippen molar-refractivity contribution in [2.75, 3.05) is 12.4 Å². The fourth-order valence-electron chi connectivity index (χ4n) is 1.78. The van der Waals surface area contributed by atoms with Gasteiger partial charge in [0, 0.05) is 5.69 Å². The molecule has 0 aliphatic heterocycles. The van der Waals surface area contributed by atoms with Gasteiger partial charge in [-0.2, -0.15) is 26.3 Å². The van der Waals surface area contributed by atoms with Crippen LogP contribution in [0, 0.1) is 12.8 Å². The first kappa shape index (κ1) is 22.3. The maximum Gasteiger partial charge on any atom is 0.434 e. The zero-order chi connectivity index (χ0) is 21.0. The van der Waals surface area contributed by atoms with E-state index in [4.69, 9.17) is 0 Å². The van der Waals surface area contributed by atoms with Crippen LogP contribution in [0.3, 0.4) is 0 Å². The number of ether oxygens (including phenoxy) is 2.